The average Bonchev–Trinajstić information content (AvgIpc) is 3.20. The van der Waals surface area contributed by atoms with Crippen LogP contribution in [0.15, 0.2) is 48.5 Å². The van der Waals surface area contributed by atoms with Gasteiger partial charge in [-0.1, -0.05) is 48.7 Å². The van der Waals surface area contributed by atoms with Crippen molar-refractivity contribution in [1.82, 2.24) is 0 Å². The van der Waals surface area contributed by atoms with E-state index in [-0.39, 0.29) is 5.78 Å². The summed E-state index contributed by atoms with van der Waals surface area (Å²) < 4.78 is 5.58. The quantitative estimate of drug-likeness (QED) is 0.538. The summed E-state index contributed by atoms with van der Waals surface area (Å²) in [4.78, 5) is 37.1. The van der Waals surface area contributed by atoms with E-state index in [0.717, 1.165) is 18.4 Å². The van der Waals surface area contributed by atoms with Gasteiger partial charge in [-0.15, -0.1) is 0 Å². The normalized spacial score (nSPS) is 16.1. The third kappa shape index (κ3) is 4.67. The third-order valence-electron chi connectivity index (χ3n) is 5.43. The standard InChI is InChI=1S/C23H24ClNO4/c1-15(26)17-6-5-7-20(14-17)25-21(27)16(2)29-22(28)23(12-3-4-13-23)18-8-10-19(24)11-9-18/h5-11,14,16H,3-4,12-13H2,1-2H3,(H,25,27). The van der Waals surface area contributed by atoms with E-state index < -0.39 is 23.4 Å². The molecule has 152 valence electrons. The summed E-state index contributed by atoms with van der Waals surface area (Å²) in [7, 11) is 0. The SMILES string of the molecule is CC(=O)c1cccc(NC(=O)C(C)OC(=O)C2(c3ccc(Cl)cc3)CCCC2)c1. The Morgan fingerprint density at radius 2 is 1.72 bits per heavy atom. The zero-order chi connectivity index (χ0) is 21.0. The Morgan fingerprint density at radius 1 is 1.07 bits per heavy atom. The van der Waals surface area contributed by atoms with Crippen LogP contribution in [-0.4, -0.2) is 23.8 Å². The first kappa shape index (κ1) is 21.1. The number of carbonyl (C=O) groups is 3. The van der Waals surface area contributed by atoms with Crippen molar-refractivity contribution >= 4 is 34.9 Å². The molecule has 3 rings (SSSR count). The minimum Gasteiger partial charge on any atom is -0.452 e. The van der Waals surface area contributed by atoms with Crippen molar-refractivity contribution in [2.24, 2.45) is 0 Å². The van der Waals surface area contributed by atoms with Gasteiger partial charge in [0.15, 0.2) is 11.9 Å². The van der Waals surface area contributed by atoms with Crippen LogP contribution >= 0.6 is 11.6 Å². The largest absolute Gasteiger partial charge is 0.452 e. The smallest absolute Gasteiger partial charge is 0.317 e. The molecule has 0 aromatic heterocycles. The second-order valence-electron chi connectivity index (χ2n) is 7.47. The Hall–Kier alpha value is -2.66. The Balaban J connectivity index is 1.71. The van der Waals surface area contributed by atoms with Gasteiger partial charge in [-0.05, 0) is 56.5 Å². The first-order valence-electron chi connectivity index (χ1n) is 9.71. The number of nitrogens with one attached hydrogen (secondary N) is 1. The fourth-order valence-corrected chi connectivity index (χ4v) is 3.87. The van der Waals surface area contributed by atoms with E-state index in [2.05, 4.69) is 5.32 Å². The summed E-state index contributed by atoms with van der Waals surface area (Å²) in [6.45, 7) is 3.01. The maximum Gasteiger partial charge on any atom is 0.317 e. The number of esters is 1. The van der Waals surface area contributed by atoms with Crippen LogP contribution in [0.1, 0.15) is 55.5 Å². The van der Waals surface area contributed by atoms with E-state index in [9.17, 15) is 14.4 Å². The second kappa shape index (κ2) is 8.78. The van der Waals surface area contributed by atoms with E-state index in [0.29, 0.717) is 29.1 Å². The fraction of sp³-hybridized carbons (Fsp3) is 0.348. The predicted molar refractivity (Wildman–Crippen MR) is 112 cm³/mol. The molecule has 1 atom stereocenters. The van der Waals surface area contributed by atoms with Crippen LogP contribution in [0, 0.1) is 0 Å². The number of ether oxygens (including phenoxy) is 1. The maximum absolute atomic E-state index is 13.1. The minimum absolute atomic E-state index is 0.0910. The maximum atomic E-state index is 13.1. The molecule has 1 amide bonds. The van der Waals surface area contributed by atoms with Crippen molar-refractivity contribution in [1.29, 1.82) is 0 Å². The van der Waals surface area contributed by atoms with Crippen molar-refractivity contribution in [3.8, 4) is 0 Å². The minimum atomic E-state index is -0.965. The highest BCUT2D eigenvalue weighted by molar-refractivity contribution is 6.30. The van der Waals surface area contributed by atoms with Gasteiger partial charge in [0.05, 0.1) is 5.41 Å². The first-order chi connectivity index (χ1) is 13.8. The average molecular weight is 414 g/mol. The molecule has 1 N–H and O–H groups in total. The fourth-order valence-electron chi connectivity index (χ4n) is 3.74. The molecular formula is C23H24ClNO4. The van der Waals surface area contributed by atoms with Gasteiger partial charge in [-0.25, -0.2) is 0 Å². The van der Waals surface area contributed by atoms with Crippen LogP contribution in [0.2, 0.25) is 5.02 Å². The zero-order valence-corrected chi connectivity index (χ0v) is 17.3. The number of benzene rings is 2. The number of anilines is 1. The third-order valence-corrected chi connectivity index (χ3v) is 5.69. The number of Topliss-reactive ketones (excluding diaryl/α,β-unsaturated/α-hetero) is 1. The Morgan fingerprint density at radius 3 is 2.34 bits per heavy atom. The Labute approximate surface area is 175 Å². The summed E-state index contributed by atoms with van der Waals surface area (Å²) in [5.74, 6) is -0.924. The van der Waals surface area contributed by atoms with Crippen molar-refractivity contribution in [2.75, 3.05) is 5.32 Å². The number of amides is 1. The molecule has 2 aromatic carbocycles. The van der Waals surface area contributed by atoms with E-state index in [1.54, 1.807) is 43.3 Å². The monoisotopic (exact) mass is 413 g/mol. The summed E-state index contributed by atoms with van der Waals surface area (Å²) in [5.41, 5.74) is 1.11. The summed E-state index contributed by atoms with van der Waals surface area (Å²) in [6, 6.07) is 13.9. The van der Waals surface area contributed by atoms with Crippen LogP contribution in [0.5, 0.6) is 0 Å². The van der Waals surface area contributed by atoms with Crippen molar-refractivity contribution < 1.29 is 19.1 Å². The topological polar surface area (TPSA) is 72.5 Å². The number of ketones is 1. The van der Waals surface area contributed by atoms with Crippen LogP contribution < -0.4 is 5.32 Å². The molecule has 1 unspecified atom stereocenters. The Kier molecular flexibility index (Phi) is 6.38. The molecule has 1 fully saturated rings. The van der Waals surface area contributed by atoms with E-state index in [1.165, 1.54) is 6.92 Å². The molecule has 0 spiro atoms. The number of halogens is 1. The number of hydrogen-bond acceptors (Lipinski definition) is 4. The zero-order valence-electron chi connectivity index (χ0n) is 16.5. The van der Waals surface area contributed by atoms with Crippen molar-refractivity contribution in [2.45, 2.75) is 51.0 Å². The first-order valence-corrected chi connectivity index (χ1v) is 10.1. The predicted octanol–water partition coefficient (Wildman–Crippen LogP) is 4.92. The molecule has 0 saturated heterocycles. The van der Waals surface area contributed by atoms with E-state index in [4.69, 9.17) is 16.3 Å². The molecule has 29 heavy (non-hydrogen) atoms. The lowest BCUT2D eigenvalue weighted by molar-refractivity contribution is -0.159. The molecule has 0 heterocycles. The highest BCUT2D eigenvalue weighted by atomic mass is 35.5. The lowest BCUT2D eigenvalue weighted by atomic mass is 9.79. The summed E-state index contributed by atoms with van der Waals surface area (Å²) >= 11 is 5.99. The molecule has 0 aliphatic heterocycles. The van der Waals surface area contributed by atoms with E-state index in [1.807, 2.05) is 12.1 Å². The molecule has 0 bridgehead atoms. The molecular weight excluding hydrogens is 390 g/mol. The number of hydrogen-bond donors (Lipinski definition) is 1. The summed E-state index contributed by atoms with van der Waals surface area (Å²) in [5, 5.41) is 3.31. The molecule has 1 saturated carbocycles. The Bertz CT molecular complexity index is 917. The lowest BCUT2D eigenvalue weighted by Crippen LogP contribution is -2.39. The van der Waals surface area contributed by atoms with E-state index >= 15 is 0 Å². The number of rotatable bonds is 6. The van der Waals surface area contributed by atoms with Gasteiger partial charge >= 0.3 is 5.97 Å². The number of carbonyl (C=O) groups excluding carboxylic acids is 3. The van der Waals surface area contributed by atoms with Crippen LogP contribution in [0.4, 0.5) is 5.69 Å². The highest BCUT2D eigenvalue weighted by Gasteiger charge is 2.45. The molecule has 0 radical (unpaired) electrons. The van der Waals surface area contributed by atoms with Crippen LogP contribution in [-0.2, 0) is 19.7 Å². The lowest BCUT2D eigenvalue weighted by Gasteiger charge is -2.28. The second-order valence-corrected chi connectivity index (χ2v) is 7.91. The van der Waals surface area contributed by atoms with Gasteiger partial charge < -0.3 is 10.1 Å². The molecule has 6 heteroatoms. The highest BCUT2D eigenvalue weighted by Crippen LogP contribution is 2.42. The van der Waals surface area contributed by atoms with Crippen LogP contribution in [0.3, 0.4) is 0 Å². The molecule has 1 aliphatic rings. The molecule has 1 aliphatic carbocycles. The van der Waals surface area contributed by atoms with Crippen LogP contribution in [0.25, 0.3) is 0 Å². The van der Waals surface area contributed by atoms with Gasteiger partial charge in [0, 0.05) is 16.3 Å². The van der Waals surface area contributed by atoms with Gasteiger partial charge in [0.1, 0.15) is 0 Å². The van der Waals surface area contributed by atoms with Gasteiger partial charge in [0.2, 0.25) is 0 Å². The van der Waals surface area contributed by atoms with Crippen molar-refractivity contribution in [3.63, 3.8) is 0 Å². The van der Waals surface area contributed by atoms with Crippen molar-refractivity contribution in [3.05, 3.63) is 64.7 Å². The van der Waals surface area contributed by atoms with Gasteiger partial charge in [0.25, 0.3) is 5.91 Å². The van der Waals surface area contributed by atoms with Gasteiger partial charge in [-0.2, -0.15) is 0 Å². The molecule has 2 aromatic rings. The molecule has 5 nitrogen and oxygen atoms in total. The summed E-state index contributed by atoms with van der Waals surface area (Å²) in [6.07, 6.45) is 2.25. The van der Waals surface area contributed by atoms with Gasteiger partial charge in [-0.3, -0.25) is 14.4 Å².